The van der Waals surface area contributed by atoms with Crippen molar-refractivity contribution in [2.24, 2.45) is 5.92 Å². The highest BCUT2D eigenvalue weighted by atomic mass is 19.1. The Morgan fingerprint density at radius 3 is 2.76 bits per heavy atom. The standard InChI is InChI=1S/C16H22FNO3/c1-12(10-13-4-2-3-5-14(13)17)15(19)18-11-16(20)6-8-21-9-7-16/h2-5,12,20H,6-11H2,1H3,(H,18,19). The Morgan fingerprint density at radius 2 is 2.10 bits per heavy atom. The van der Waals surface area contributed by atoms with Crippen LogP contribution in [0.4, 0.5) is 4.39 Å². The molecule has 1 amide bonds. The molecule has 1 atom stereocenters. The van der Waals surface area contributed by atoms with Crippen LogP contribution < -0.4 is 5.32 Å². The highest BCUT2D eigenvalue weighted by molar-refractivity contribution is 5.78. The van der Waals surface area contributed by atoms with Gasteiger partial charge in [-0.05, 0) is 18.1 Å². The normalized spacial score (nSPS) is 19.0. The van der Waals surface area contributed by atoms with Gasteiger partial charge in [-0.3, -0.25) is 4.79 Å². The van der Waals surface area contributed by atoms with Crippen molar-refractivity contribution in [1.82, 2.24) is 5.32 Å². The molecule has 1 unspecified atom stereocenters. The van der Waals surface area contributed by atoms with Crippen LogP contribution in [0.15, 0.2) is 24.3 Å². The number of ether oxygens (including phenoxy) is 1. The minimum Gasteiger partial charge on any atom is -0.388 e. The van der Waals surface area contributed by atoms with Gasteiger partial charge < -0.3 is 15.2 Å². The number of nitrogens with one attached hydrogen (secondary N) is 1. The monoisotopic (exact) mass is 295 g/mol. The van der Waals surface area contributed by atoms with Crippen molar-refractivity contribution < 1.29 is 19.0 Å². The lowest BCUT2D eigenvalue weighted by Gasteiger charge is -2.32. The molecule has 0 aromatic heterocycles. The van der Waals surface area contributed by atoms with Crippen LogP contribution in [-0.2, 0) is 16.0 Å². The molecule has 1 fully saturated rings. The fourth-order valence-corrected chi connectivity index (χ4v) is 2.44. The van der Waals surface area contributed by atoms with Crippen LogP contribution in [0.2, 0.25) is 0 Å². The van der Waals surface area contributed by atoms with E-state index in [0.29, 0.717) is 38.0 Å². The van der Waals surface area contributed by atoms with E-state index >= 15 is 0 Å². The van der Waals surface area contributed by atoms with E-state index < -0.39 is 5.60 Å². The Labute approximate surface area is 124 Å². The Hall–Kier alpha value is -1.46. The zero-order valence-electron chi connectivity index (χ0n) is 12.3. The lowest BCUT2D eigenvalue weighted by molar-refractivity contribution is -0.127. The number of amides is 1. The van der Waals surface area contributed by atoms with E-state index in [9.17, 15) is 14.3 Å². The van der Waals surface area contributed by atoms with Crippen LogP contribution in [0, 0.1) is 11.7 Å². The second-order valence-electron chi connectivity index (χ2n) is 5.75. The molecule has 1 aromatic rings. The number of carbonyl (C=O) groups is 1. The number of carbonyl (C=O) groups excluding carboxylic acids is 1. The van der Waals surface area contributed by atoms with Gasteiger partial charge >= 0.3 is 0 Å². The first-order valence-electron chi connectivity index (χ1n) is 7.31. The van der Waals surface area contributed by atoms with Gasteiger partial charge in [-0.2, -0.15) is 0 Å². The Balaban J connectivity index is 1.84. The second-order valence-corrected chi connectivity index (χ2v) is 5.75. The van der Waals surface area contributed by atoms with Crippen molar-refractivity contribution in [2.45, 2.75) is 31.8 Å². The zero-order valence-corrected chi connectivity index (χ0v) is 12.3. The van der Waals surface area contributed by atoms with E-state index in [1.807, 2.05) is 0 Å². The van der Waals surface area contributed by atoms with Gasteiger partial charge in [0, 0.05) is 38.5 Å². The molecule has 1 aliphatic rings. The van der Waals surface area contributed by atoms with E-state index in [-0.39, 0.29) is 24.2 Å². The quantitative estimate of drug-likeness (QED) is 0.868. The third kappa shape index (κ3) is 4.51. The summed E-state index contributed by atoms with van der Waals surface area (Å²) in [6.07, 6.45) is 1.39. The second kappa shape index (κ2) is 7.00. The van der Waals surface area contributed by atoms with Crippen LogP contribution in [0.25, 0.3) is 0 Å². The summed E-state index contributed by atoms with van der Waals surface area (Å²) in [6.45, 7) is 3.00. The third-order valence-electron chi connectivity index (χ3n) is 3.95. The van der Waals surface area contributed by atoms with E-state index in [1.54, 1.807) is 25.1 Å². The molecule has 21 heavy (non-hydrogen) atoms. The van der Waals surface area contributed by atoms with Crippen LogP contribution in [0.1, 0.15) is 25.3 Å². The molecule has 0 radical (unpaired) electrons. The molecular weight excluding hydrogens is 273 g/mol. The summed E-state index contributed by atoms with van der Waals surface area (Å²) < 4.78 is 18.8. The maximum atomic E-state index is 13.6. The van der Waals surface area contributed by atoms with Gasteiger partial charge in [0.1, 0.15) is 5.82 Å². The minimum absolute atomic E-state index is 0.168. The average Bonchev–Trinajstić information content (AvgIpc) is 2.48. The molecule has 4 nitrogen and oxygen atoms in total. The fraction of sp³-hybridized carbons (Fsp3) is 0.562. The minimum atomic E-state index is -0.883. The predicted octanol–water partition coefficient (Wildman–Crippen LogP) is 1.66. The average molecular weight is 295 g/mol. The van der Waals surface area contributed by atoms with Crippen molar-refractivity contribution in [3.8, 4) is 0 Å². The highest BCUT2D eigenvalue weighted by Gasteiger charge is 2.30. The summed E-state index contributed by atoms with van der Waals surface area (Å²) in [5, 5.41) is 13.0. The van der Waals surface area contributed by atoms with Gasteiger partial charge in [-0.15, -0.1) is 0 Å². The number of aliphatic hydroxyl groups is 1. The lowest BCUT2D eigenvalue weighted by atomic mass is 9.93. The first-order valence-corrected chi connectivity index (χ1v) is 7.31. The van der Waals surface area contributed by atoms with Gasteiger partial charge in [0.15, 0.2) is 0 Å². The molecule has 1 aromatic carbocycles. The summed E-state index contributed by atoms with van der Waals surface area (Å²) in [5.74, 6) is -0.802. The molecule has 0 bridgehead atoms. The van der Waals surface area contributed by atoms with Crippen molar-refractivity contribution in [3.05, 3.63) is 35.6 Å². The van der Waals surface area contributed by atoms with Gasteiger partial charge in [0.25, 0.3) is 0 Å². The molecule has 1 saturated heterocycles. The summed E-state index contributed by atoms with van der Waals surface area (Å²) in [4.78, 5) is 12.1. The predicted molar refractivity (Wildman–Crippen MR) is 77.3 cm³/mol. The van der Waals surface area contributed by atoms with Gasteiger partial charge in [0.2, 0.25) is 5.91 Å². The number of halogens is 1. The van der Waals surface area contributed by atoms with E-state index in [4.69, 9.17) is 4.74 Å². The molecule has 0 aliphatic carbocycles. The van der Waals surface area contributed by atoms with E-state index in [0.717, 1.165) is 0 Å². The van der Waals surface area contributed by atoms with Gasteiger partial charge in [-0.1, -0.05) is 25.1 Å². The molecule has 2 N–H and O–H groups in total. The van der Waals surface area contributed by atoms with Crippen molar-refractivity contribution in [2.75, 3.05) is 19.8 Å². The molecule has 0 saturated carbocycles. The summed E-state index contributed by atoms with van der Waals surface area (Å²) in [6, 6.07) is 6.47. The van der Waals surface area contributed by atoms with Crippen LogP contribution >= 0.6 is 0 Å². The van der Waals surface area contributed by atoms with Crippen molar-refractivity contribution >= 4 is 5.91 Å². The van der Waals surface area contributed by atoms with Gasteiger partial charge in [0.05, 0.1) is 5.60 Å². The molecule has 2 rings (SSSR count). The summed E-state index contributed by atoms with van der Waals surface area (Å²) >= 11 is 0. The molecular formula is C16H22FNO3. The fourth-order valence-electron chi connectivity index (χ4n) is 2.44. The lowest BCUT2D eigenvalue weighted by Crippen LogP contribution is -2.47. The molecule has 1 heterocycles. The first-order chi connectivity index (χ1) is 10.0. The summed E-state index contributed by atoms with van der Waals surface area (Å²) in [7, 11) is 0. The van der Waals surface area contributed by atoms with Crippen LogP contribution in [0.3, 0.4) is 0 Å². The SMILES string of the molecule is CC(Cc1ccccc1F)C(=O)NCC1(O)CCOCC1. The zero-order chi connectivity index (χ0) is 15.3. The van der Waals surface area contributed by atoms with E-state index in [2.05, 4.69) is 5.32 Å². The number of hydrogen-bond acceptors (Lipinski definition) is 3. The molecule has 0 spiro atoms. The smallest absolute Gasteiger partial charge is 0.223 e. The highest BCUT2D eigenvalue weighted by Crippen LogP contribution is 2.19. The maximum absolute atomic E-state index is 13.6. The molecule has 1 aliphatic heterocycles. The van der Waals surface area contributed by atoms with E-state index in [1.165, 1.54) is 6.07 Å². The number of hydrogen-bond donors (Lipinski definition) is 2. The Morgan fingerprint density at radius 1 is 1.43 bits per heavy atom. The third-order valence-corrected chi connectivity index (χ3v) is 3.95. The van der Waals surface area contributed by atoms with Crippen LogP contribution in [-0.4, -0.2) is 36.4 Å². The largest absolute Gasteiger partial charge is 0.388 e. The first kappa shape index (κ1) is 15.9. The van der Waals surface area contributed by atoms with Crippen LogP contribution in [0.5, 0.6) is 0 Å². The Bertz CT molecular complexity index is 486. The maximum Gasteiger partial charge on any atom is 0.223 e. The summed E-state index contributed by atoms with van der Waals surface area (Å²) in [5.41, 5.74) is -0.351. The van der Waals surface area contributed by atoms with Gasteiger partial charge in [-0.25, -0.2) is 4.39 Å². The molecule has 5 heteroatoms. The Kier molecular flexibility index (Phi) is 5.31. The molecule has 116 valence electrons. The van der Waals surface area contributed by atoms with Crippen molar-refractivity contribution in [3.63, 3.8) is 0 Å². The van der Waals surface area contributed by atoms with Crippen molar-refractivity contribution in [1.29, 1.82) is 0 Å². The topological polar surface area (TPSA) is 58.6 Å². The number of benzene rings is 1. The number of rotatable bonds is 5.